The van der Waals surface area contributed by atoms with Crippen molar-refractivity contribution in [1.82, 2.24) is 0 Å². The minimum atomic E-state index is -1.85. The quantitative estimate of drug-likeness (QED) is 0.333. The van der Waals surface area contributed by atoms with Gasteiger partial charge in [-0.2, -0.15) is 0 Å². The molecule has 5 heteroatoms. The van der Waals surface area contributed by atoms with Crippen molar-refractivity contribution in [3.63, 3.8) is 0 Å². The van der Waals surface area contributed by atoms with Gasteiger partial charge in [-0.1, -0.05) is 45.9 Å². The van der Waals surface area contributed by atoms with Crippen LogP contribution in [-0.4, -0.2) is 32.1 Å². The topological polar surface area (TPSA) is 55.8 Å². The molecule has 2 aliphatic carbocycles. The number of carbonyl (C=O) groups is 1. The van der Waals surface area contributed by atoms with E-state index in [9.17, 15) is 9.90 Å². The monoisotopic (exact) mass is 444 g/mol. The number of esters is 1. The largest absolute Gasteiger partial charge is 0.544 e. The number of hydrogen-bond acceptors (Lipinski definition) is 4. The van der Waals surface area contributed by atoms with Gasteiger partial charge in [0.05, 0.1) is 12.7 Å². The lowest BCUT2D eigenvalue weighted by molar-refractivity contribution is -0.135. The van der Waals surface area contributed by atoms with Gasteiger partial charge in [-0.25, -0.2) is 4.79 Å². The van der Waals surface area contributed by atoms with Gasteiger partial charge in [-0.05, 0) is 79.8 Å². The standard InChI is InChI=1S/C26H40O4Si/c1-24(2,3)31(6,7)30-22-11-8-19(9-12-22)20-14-16-25(4)21(10-13-23(27)29-5)15-17-26(25,28)18-20/h8-13,20-21,28H,14-18H2,1-7H3/b13-10+/t20-,21+,25+,26-/m0/s1. The van der Waals surface area contributed by atoms with Crippen LogP contribution in [0.3, 0.4) is 0 Å². The number of carbonyl (C=O) groups excluding carboxylic acids is 1. The van der Waals surface area contributed by atoms with Crippen molar-refractivity contribution in [2.24, 2.45) is 11.3 Å². The number of allylic oxidation sites excluding steroid dienone is 1. The molecular weight excluding hydrogens is 404 g/mol. The maximum atomic E-state index is 11.6. The third-order valence-electron chi connectivity index (χ3n) is 8.54. The fourth-order valence-corrected chi connectivity index (χ4v) is 6.22. The van der Waals surface area contributed by atoms with Crippen LogP contribution in [0.25, 0.3) is 0 Å². The van der Waals surface area contributed by atoms with Crippen molar-refractivity contribution in [1.29, 1.82) is 0 Å². The first-order valence-electron chi connectivity index (χ1n) is 11.6. The molecule has 0 heterocycles. The molecule has 1 N–H and O–H groups in total. The first-order chi connectivity index (χ1) is 14.3. The zero-order valence-electron chi connectivity index (χ0n) is 20.3. The van der Waals surface area contributed by atoms with E-state index in [1.807, 2.05) is 6.08 Å². The van der Waals surface area contributed by atoms with Crippen LogP contribution >= 0.6 is 0 Å². The molecule has 172 valence electrons. The maximum Gasteiger partial charge on any atom is 0.330 e. The zero-order valence-corrected chi connectivity index (χ0v) is 21.3. The van der Waals surface area contributed by atoms with E-state index in [1.54, 1.807) is 0 Å². The smallest absolute Gasteiger partial charge is 0.330 e. The van der Waals surface area contributed by atoms with E-state index in [-0.39, 0.29) is 22.3 Å². The Morgan fingerprint density at radius 3 is 2.39 bits per heavy atom. The first kappa shape index (κ1) is 24.1. The third kappa shape index (κ3) is 4.63. The molecular formula is C26H40O4Si. The summed E-state index contributed by atoms with van der Waals surface area (Å²) >= 11 is 0. The summed E-state index contributed by atoms with van der Waals surface area (Å²) < 4.78 is 11.2. The molecule has 4 atom stereocenters. The molecule has 0 aromatic heterocycles. The molecule has 31 heavy (non-hydrogen) atoms. The van der Waals surface area contributed by atoms with Crippen LogP contribution in [0, 0.1) is 11.3 Å². The highest BCUT2D eigenvalue weighted by Crippen LogP contribution is 2.61. The number of methoxy groups -OCH3 is 1. The molecule has 0 saturated heterocycles. The van der Waals surface area contributed by atoms with Gasteiger partial charge in [-0.15, -0.1) is 0 Å². The van der Waals surface area contributed by atoms with Crippen molar-refractivity contribution in [3.8, 4) is 5.75 Å². The SMILES string of the molecule is COC(=O)/C=C/[C@@H]1CC[C@]2(O)C[C@@H](c3ccc(O[Si](C)(C)C(C)(C)C)cc3)CC[C@]12C. The Bertz CT molecular complexity index is 823. The van der Waals surface area contributed by atoms with E-state index in [0.717, 1.165) is 37.9 Å². The van der Waals surface area contributed by atoms with Gasteiger partial charge in [0, 0.05) is 11.5 Å². The van der Waals surface area contributed by atoms with Crippen LogP contribution in [-0.2, 0) is 9.53 Å². The highest BCUT2D eigenvalue weighted by molar-refractivity contribution is 6.74. The van der Waals surface area contributed by atoms with E-state index in [0.29, 0.717) is 5.92 Å². The molecule has 2 saturated carbocycles. The van der Waals surface area contributed by atoms with E-state index >= 15 is 0 Å². The van der Waals surface area contributed by atoms with Crippen LogP contribution in [0.2, 0.25) is 18.1 Å². The van der Waals surface area contributed by atoms with Gasteiger partial charge in [0.1, 0.15) is 5.75 Å². The van der Waals surface area contributed by atoms with Gasteiger partial charge in [0.15, 0.2) is 0 Å². The molecule has 0 bridgehead atoms. The summed E-state index contributed by atoms with van der Waals surface area (Å²) in [7, 11) is -0.452. The normalized spacial score (nSPS) is 31.5. The van der Waals surface area contributed by atoms with Crippen LogP contribution in [0.15, 0.2) is 36.4 Å². The van der Waals surface area contributed by atoms with Gasteiger partial charge in [-0.3, -0.25) is 0 Å². The average Bonchev–Trinajstić information content (AvgIpc) is 2.95. The third-order valence-corrected chi connectivity index (χ3v) is 12.9. The number of hydrogen-bond donors (Lipinski definition) is 1. The molecule has 3 rings (SSSR count). The molecule has 2 fully saturated rings. The lowest BCUT2D eigenvalue weighted by Crippen LogP contribution is -2.49. The number of fused-ring (bicyclic) bond motifs is 1. The summed E-state index contributed by atoms with van der Waals surface area (Å²) in [4.78, 5) is 11.5. The minimum Gasteiger partial charge on any atom is -0.544 e. The fraction of sp³-hybridized carbons (Fsp3) is 0.654. The molecule has 0 radical (unpaired) electrons. The molecule has 4 nitrogen and oxygen atoms in total. The predicted molar refractivity (Wildman–Crippen MR) is 128 cm³/mol. The van der Waals surface area contributed by atoms with Crippen molar-refractivity contribution in [3.05, 3.63) is 42.0 Å². The van der Waals surface area contributed by atoms with Gasteiger partial charge < -0.3 is 14.3 Å². The van der Waals surface area contributed by atoms with E-state index in [2.05, 4.69) is 65.1 Å². The van der Waals surface area contributed by atoms with Crippen LogP contribution in [0.1, 0.15) is 71.3 Å². The second-order valence-electron chi connectivity index (χ2n) is 11.3. The van der Waals surface area contributed by atoms with Crippen molar-refractivity contribution < 1.29 is 19.1 Å². The highest BCUT2D eigenvalue weighted by Gasteiger charge is 2.58. The van der Waals surface area contributed by atoms with Gasteiger partial charge in [0.2, 0.25) is 8.32 Å². The fourth-order valence-electron chi connectivity index (χ4n) is 5.19. The summed E-state index contributed by atoms with van der Waals surface area (Å²) in [6.45, 7) is 13.5. The van der Waals surface area contributed by atoms with Crippen LogP contribution < -0.4 is 4.43 Å². The van der Waals surface area contributed by atoms with Crippen molar-refractivity contribution >= 4 is 14.3 Å². The summed E-state index contributed by atoms with van der Waals surface area (Å²) in [6.07, 6.45) is 7.94. The minimum absolute atomic E-state index is 0.171. The Kier molecular flexibility index (Phi) is 6.52. The van der Waals surface area contributed by atoms with Gasteiger partial charge in [0.25, 0.3) is 0 Å². The second kappa shape index (κ2) is 8.40. The van der Waals surface area contributed by atoms with E-state index < -0.39 is 13.9 Å². The molecule has 0 aliphatic heterocycles. The van der Waals surface area contributed by atoms with Crippen LogP contribution in [0.5, 0.6) is 5.75 Å². The van der Waals surface area contributed by atoms with Crippen molar-refractivity contribution in [2.75, 3.05) is 7.11 Å². The van der Waals surface area contributed by atoms with Crippen LogP contribution in [0.4, 0.5) is 0 Å². The van der Waals surface area contributed by atoms with Gasteiger partial charge >= 0.3 is 5.97 Å². The summed E-state index contributed by atoms with van der Waals surface area (Å²) in [6, 6.07) is 8.57. The Hall–Kier alpha value is -1.59. The number of ether oxygens (including phenoxy) is 1. The molecule has 2 aliphatic rings. The summed E-state index contributed by atoms with van der Waals surface area (Å²) in [5.74, 6) is 1.18. The van der Waals surface area contributed by atoms with E-state index in [1.165, 1.54) is 18.7 Å². The Morgan fingerprint density at radius 1 is 1.16 bits per heavy atom. The lowest BCUT2D eigenvalue weighted by atomic mass is 9.59. The summed E-state index contributed by atoms with van der Waals surface area (Å²) in [5.41, 5.74) is 0.392. The Balaban J connectivity index is 1.71. The molecule has 1 aromatic rings. The predicted octanol–water partition coefficient (Wildman–Crippen LogP) is 6.21. The Labute approximate surface area is 189 Å². The maximum absolute atomic E-state index is 11.6. The number of aliphatic hydroxyl groups is 1. The lowest BCUT2D eigenvalue weighted by Gasteiger charge is -2.49. The summed E-state index contributed by atoms with van der Waals surface area (Å²) in [5, 5.41) is 11.8. The molecule has 0 unspecified atom stereocenters. The molecule has 0 spiro atoms. The average molecular weight is 445 g/mol. The molecule has 0 amide bonds. The number of benzene rings is 1. The van der Waals surface area contributed by atoms with E-state index in [4.69, 9.17) is 9.16 Å². The first-order valence-corrected chi connectivity index (χ1v) is 14.5. The van der Waals surface area contributed by atoms with Crippen molar-refractivity contribution in [2.45, 2.75) is 89.5 Å². The Morgan fingerprint density at radius 2 is 1.81 bits per heavy atom. The second-order valence-corrected chi connectivity index (χ2v) is 16.1. The highest BCUT2D eigenvalue weighted by atomic mass is 28.4. The molecule has 1 aromatic carbocycles. The number of rotatable bonds is 5. The zero-order chi connectivity index (χ0) is 23.1.